The van der Waals surface area contributed by atoms with Gasteiger partial charge in [0.2, 0.25) is 0 Å². The van der Waals surface area contributed by atoms with E-state index in [1.54, 1.807) is 25.4 Å². The minimum Gasteiger partial charge on any atom is -0.508 e. The summed E-state index contributed by atoms with van der Waals surface area (Å²) in [5.74, 6) is 0.240. The first-order valence-corrected chi connectivity index (χ1v) is 4.36. The van der Waals surface area contributed by atoms with Gasteiger partial charge in [-0.15, -0.1) is 0 Å². The summed E-state index contributed by atoms with van der Waals surface area (Å²) >= 11 is 0. The van der Waals surface area contributed by atoms with Gasteiger partial charge >= 0.3 is 0 Å². The average Bonchev–Trinajstić information content (AvgIpc) is 2.19. The van der Waals surface area contributed by atoms with E-state index in [0.29, 0.717) is 6.61 Å². The molecule has 0 amide bonds. The third kappa shape index (κ3) is 1.67. The van der Waals surface area contributed by atoms with Crippen molar-refractivity contribution in [2.45, 2.75) is 6.61 Å². The summed E-state index contributed by atoms with van der Waals surface area (Å²) in [5.41, 5.74) is 1.83. The lowest BCUT2D eigenvalue weighted by Gasteiger charge is -2.02. The second-order valence-electron chi connectivity index (χ2n) is 3.15. The molecule has 0 spiro atoms. The summed E-state index contributed by atoms with van der Waals surface area (Å²) in [5, 5.41) is 10.2. The van der Waals surface area contributed by atoms with Crippen LogP contribution >= 0.6 is 0 Å². The molecule has 0 atom stereocenters. The Bertz CT molecular complexity index is 454. The van der Waals surface area contributed by atoms with Crippen molar-refractivity contribution in [3.63, 3.8) is 0 Å². The van der Waals surface area contributed by atoms with Crippen LogP contribution in [0.3, 0.4) is 0 Å². The molecule has 0 aliphatic carbocycles. The van der Waals surface area contributed by atoms with Crippen LogP contribution in [0.4, 0.5) is 0 Å². The summed E-state index contributed by atoms with van der Waals surface area (Å²) in [4.78, 5) is 4.22. The molecule has 0 fully saturated rings. The highest BCUT2D eigenvalue weighted by molar-refractivity contribution is 5.80. The van der Waals surface area contributed by atoms with Crippen LogP contribution in [-0.2, 0) is 11.3 Å². The summed E-state index contributed by atoms with van der Waals surface area (Å²) < 4.78 is 5.01. The van der Waals surface area contributed by atoms with Gasteiger partial charge in [0, 0.05) is 24.8 Å². The van der Waals surface area contributed by atoms with Gasteiger partial charge in [0.25, 0.3) is 0 Å². The van der Waals surface area contributed by atoms with Gasteiger partial charge in [-0.2, -0.15) is 0 Å². The third-order valence-electron chi connectivity index (χ3n) is 2.04. The molecule has 3 heteroatoms. The Morgan fingerprint density at radius 1 is 1.36 bits per heavy atom. The lowest BCUT2D eigenvalue weighted by molar-refractivity contribution is 0.185. The molecule has 3 nitrogen and oxygen atoms in total. The molecule has 0 saturated heterocycles. The number of methoxy groups -OCH3 is 1. The van der Waals surface area contributed by atoms with E-state index < -0.39 is 0 Å². The Kier molecular flexibility index (Phi) is 2.33. The van der Waals surface area contributed by atoms with Crippen LogP contribution in [0.25, 0.3) is 10.9 Å². The minimum absolute atomic E-state index is 0.240. The van der Waals surface area contributed by atoms with E-state index >= 15 is 0 Å². The first-order valence-electron chi connectivity index (χ1n) is 4.36. The van der Waals surface area contributed by atoms with E-state index in [9.17, 15) is 5.11 Å². The molecule has 1 aromatic heterocycles. The van der Waals surface area contributed by atoms with Crippen LogP contribution in [0.1, 0.15) is 5.56 Å². The van der Waals surface area contributed by atoms with Crippen LogP contribution in [0.15, 0.2) is 30.5 Å². The third-order valence-corrected chi connectivity index (χ3v) is 2.04. The molecule has 0 bridgehead atoms. The molecule has 2 rings (SSSR count). The van der Waals surface area contributed by atoms with E-state index in [0.717, 1.165) is 16.5 Å². The molecule has 1 heterocycles. The predicted molar refractivity (Wildman–Crippen MR) is 54.1 cm³/mol. The van der Waals surface area contributed by atoms with Crippen LogP contribution < -0.4 is 0 Å². The maximum absolute atomic E-state index is 9.24. The van der Waals surface area contributed by atoms with E-state index in [1.807, 2.05) is 12.1 Å². The Morgan fingerprint density at radius 2 is 2.21 bits per heavy atom. The van der Waals surface area contributed by atoms with Gasteiger partial charge in [0.05, 0.1) is 12.1 Å². The number of hydrogen-bond acceptors (Lipinski definition) is 3. The maximum atomic E-state index is 9.24. The Morgan fingerprint density at radius 3 is 3.00 bits per heavy atom. The lowest BCUT2D eigenvalue weighted by Crippen LogP contribution is -1.89. The van der Waals surface area contributed by atoms with Crippen molar-refractivity contribution in [2.24, 2.45) is 0 Å². The van der Waals surface area contributed by atoms with Crippen molar-refractivity contribution >= 4 is 10.9 Å². The number of hydrogen-bond donors (Lipinski definition) is 1. The number of pyridine rings is 1. The van der Waals surface area contributed by atoms with E-state index in [2.05, 4.69) is 4.98 Å². The molecule has 14 heavy (non-hydrogen) atoms. The number of phenolic OH excluding ortho intramolecular Hbond substituents is 1. The van der Waals surface area contributed by atoms with Gasteiger partial charge in [-0.1, -0.05) is 0 Å². The summed E-state index contributed by atoms with van der Waals surface area (Å²) in [6.07, 6.45) is 1.76. The smallest absolute Gasteiger partial charge is 0.117 e. The molecule has 1 aromatic carbocycles. The summed E-state index contributed by atoms with van der Waals surface area (Å²) in [7, 11) is 1.65. The van der Waals surface area contributed by atoms with Gasteiger partial charge in [0.15, 0.2) is 0 Å². The van der Waals surface area contributed by atoms with Gasteiger partial charge in [-0.3, -0.25) is 4.98 Å². The highest BCUT2D eigenvalue weighted by atomic mass is 16.5. The second-order valence-corrected chi connectivity index (χ2v) is 3.15. The van der Waals surface area contributed by atoms with E-state index in [4.69, 9.17) is 4.74 Å². The van der Waals surface area contributed by atoms with Crippen LogP contribution in [0.2, 0.25) is 0 Å². The SMILES string of the molecule is COCc1cnc2cc(O)ccc2c1. The number of rotatable bonds is 2. The zero-order valence-corrected chi connectivity index (χ0v) is 7.90. The fourth-order valence-electron chi connectivity index (χ4n) is 1.40. The minimum atomic E-state index is 0.240. The summed E-state index contributed by atoms with van der Waals surface area (Å²) in [6.45, 7) is 0.559. The quantitative estimate of drug-likeness (QED) is 0.786. The van der Waals surface area contributed by atoms with Gasteiger partial charge < -0.3 is 9.84 Å². The maximum Gasteiger partial charge on any atom is 0.117 e. The molecule has 2 aromatic rings. The van der Waals surface area contributed by atoms with E-state index in [-0.39, 0.29) is 5.75 Å². The lowest BCUT2D eigenvalue weighted by atomic mass is 10.1. The molecule has 0 aliphatic rings. The van der Waals surface area contributed by atoms with Crippen molar-refractivity contribution in [3.05, 3.63) is 36.0 Å². The van der Waals surface area contributed by atoms with Crippen molar-refractivity contribution in [3.8, 4) is 5.75 Å². The molecular weight excluding hydrogens is 178 g/mol. The van der Waals surface area contributed by atoms with Crippen LogP contribution in [0, 0.1) is 0 Å². The highest BCUT2D eigenvalue weighted by Crippen LogP contribution is 2.18. The molecule has 0 radical (unpaired) electrons. The normalized spacial score (nSPS) is 10.6. The largest absolute Gasteiger partial charge is 0.508 e. The monoisotopic (exact) mass is 189 g/mol. The van der Waals surface area contributed by atoms with E-state index in [1.165, 1.54) is 0 Å². The zero-order valence-electron chi connectivity index (χ0n) is 7.90. The molecule has 0 unspecified atom stereocenters. The van der Waals surface area contributed by atoms with Crippen molar-refractivity contribution in [2.75, 3.05) is 7.11 Å². The number of phenols is 1. The Balaban J connectivity index is 2.50. The molecule has 72 valence electrons. The zero-order chi connectivity index (χ0) is 9.97. The fourth-order valence-corrected chi connectivity index (χ4v) is 1.40. The Hall–Kier alpha value is -1.61. The highest BCUT2D eigenvalue weighted by Gasteiger charge is 1.98. The van der Waals surface area contributed by atoms with Crippen molar-refractivity contribution < 1.29 is 9.84 Å². The standard InChI is InChI=1S/C11H11NO2/c1-14-7-8-4-9-2-3-10(13)5-11(9)12-6-8/h2-6,13H,7H2,1H3. The topological polar surface area (TPSA) is 42.4 Å². The van der Waals surface area contributed by atoms with Crippen LogP contribution in [0.5, 0.6) is 5.75 Å². The summed E-state index contributed by atoms with van der Waals surface area (Å²) in [6, 6.07) is 7.15. The van der Waals surface area contributed by atoms with Gasteiger partial charge in [0.1, 0.15) is 5.75 Å². The number of ether oxygens (including phenoxy) is 1. The average molecular weight is 189 g/mol. The second kappa shape index (κ2) is 3.64. The number of aromatic hydroxyl groups is 1. The fraction of sp³-hybridized carbons (Fsp3) is 0.182. The molecule has 1 N–H and O–H groups in total. The number of benzene rings is 1. The van der Waals surface area contributed by atoms with Gasteiger partial charge in [-0.05, 0) is 23.8 Å². The van der Waals surface area contributed by atoms with Crippen LogP contribution in [-0.4, -0.2) is 17.2 Å². The van der Waals surface area contributed by atoms with Gasteiger partial charge in [-0.25, -0.2) is 0 Å². The van der Waals surface area contributed by atoms with Crippen molar-refractivity contribution in [1.82, 2.24) is 4.98 Å². The number of nitrogens with zero attached hydrogens (tertiary/aromatic N) is 1. The molecule has 0 saturated carbocycles. The number of fused-ring (bicyclic) bond motifs is 1. The molecule has 0 aliphatic heterocycles. The first-order chi connectivity index (χ1) is 6.79. The predicted octanol–water partition coefficient (Wildman–Crippen LogP) is 2.09. The molecular formula is C11H11NO2. The van der Waals surface area contributed by atoms with Crippen molar-refractivity contribution in [1.29, 1.82) is 0 Å². The Labute approximate surface area is 82.0 Å². The first kappa shape index (κ1) is 8.97. The number of aromatic nitrogens is 1.